The second-order valence-corrected chi connectivity index (χ2v) is 8.40. The summed E-state index contributed by atoms with van der Waals surface area (Å²) in [6.07, 6.45) is 6.01. The number of halogens is 2. The smallest absolute Gasteiger partial charge is 0.415 e. The van der Waals surface area contributed by atoms with Crippen molar-refractivity contribution in [2.75, 3.05) is 23.3 Å². The molecule has 1 aromatic carbocycles. The van der Waals surface area contributed by atoms with Crippen LogP contribution >= 0.6 is 0 Å². The highest BCUT2D eigenvalue weighted by Gasteiger charge is 2.47. The summed E-state index contributed by atoms with van der Waals surface area (Å²) in [6.45, 7) is 1.19. The molecule has 2 aromatic heterocycles. The van der Waals surface area contributed by atoms with Crippen molar-refractivity contribution in [3.63, 3.8) is 0 Å². The Labute approximate surface area is 184 Å². The number of nitrogens with one attached hydrogen (secondary N) is 1. The first-order chi connectivity index (χ1) is 15.5. The predicted molar refractivity (Wildman–Crippen MR) is 115 cm³/mol. The first-order valence-corrected chi connectivity index (χ1v) is 10.7. The van der Waals surface area contributed by atoms with Crippen LogP contribution in [0.1, 0.15) is 25.7 Å². The molecule has 1 saturated carbocycles. The van der Waals surface area contributed by atoms with Crippen LogP contribution in [0.25, 0.3) is 5.69 Å². The number of anilines is 2. The van der Waals surface area contributed by atoms with E-state index >= 15 is 0 Å². The minimum absolute atomic E-state index is 0.323. The van der Waals surface area contributed by atoms with Crippen molar-refractivity contribution in [1.82, 2.24) is 14.8 Å². The first-order valence-electron chi connectivity index (χ1n) is 10.7. The molecule has 0 radical (unpaired) electrons. The Morgan fingerprint density at radius 1 is 1.12 bits per heavy atom. The van der Waals surface area contributed by atoms with E-state index < -0.39 is 17.6 Å². The molecule has 0 bridgehead atoms. The Balaban J connectivity index is 1.15. The Hall–Kier alpha value is -3.49. The number of pyridine rings is 1. The van der Waals surface area contributed by atoms with Crippen LogP contribution in [0.2, 0.25) is 0 Å². The number of para-hydroxylation sites is 1. The van der Waals surface area contributed by atoms with Gasteiger partial charge in [0.05, 0.1) is 18.4 Å². The molecule has 0 unspecified atom stereocenters. The van der Waals surface area contributed by atoms with Crippen molar-refractivity contribution in [3.8, 4) is 5.69 Å². The molecule has 1 aliphatic carbocycles. The average molecular weight is 439 g/mol. The summed E-state index contributed by atoms with van der Waals surface area (Å²) in [7, 11) is 0. The van der Waals surface area contributed by atoms with Crippen molar-refractivity contribution in [3.05, 3.63) is 66.6 Å². The number of hydrogen-bond donors (Lipinski definition) is 1. The quantitative estimate of drug-likeness (QED) is 0.591. The van der Waals surface area contributed by atoms with E-state index in [0.717, 1.165) is 32.2 Å². The number of rotatable bonds is 5. The Bertz CT molecular complexity index is 1110. The molecule has 1 amide bonds. The molecule has 3 heterocycles. The van der Waals surface area contributed by atoms with Gasteiger partial charge in [-0.05, 0) is 55.9 Å². The molecule has 1 spiro atoms. The lowest BCUT2D eigenvalue weighted by Crippen LogP contribution is -2.39. The predicted octanol–water partition coefficient (Wildman–Crippen LogP) is 4.54. The van der Waals surface area contributed by atoms with Gasteiger partial charge in [-0.1, -0.05) is 12.1 Å². The van der Waals surface area contributed by atoms with Crippen LogP contribution < -0.4 is 10.2 Å². The molecular formula is C23H23F2N5O2. The summed E-state index contributed by atoms with van der Waals surface area (Å²) in [5, 5.41) is 7.75. The fourth-order valence-corrected chi connectivity index (χ4v) is 4.46. The molecule has 2 aliphatic rings. The number of ether oxygens (including phenoxy) is 1. The fraction of sp³-hybridized carbons (Fsp3) is 0.348. The van der Waals surface area contributed by atoms with Gasteiger partial charge in [0.1, 0.15) is 22.9 Å². The number of amides is 1. The van der Waals surface area contributed by atoms with Crippen LogP contribution in [0.4, 0.5) is 25.1 Å². The first kappa shape index (κ1) is 20.4. The summed E-state index contributed by atoms with van der Waals surface area (Å²) in [5.41, 5.74) is 0.445. The number of nitrogens with zero attached hydrogens (tertiary/aromatic N) is 4. The van der Waals surface area contributed by atoms with Crippen molar-refractivity contribution in [2.45, 2.75) is 31.3 Å². The second-order valence-electron chi connectivity index (χ2n) is 8.40. The van der Waals surface area contributed by atoms with Crippen LogP contribution in [0, 0.1) is 17.7 Å². The molecule has 9 heteroatoms. The van der Waals surface area contributed by atoms with Gasteiger partial charge >= 0.3 is 6.09 Å². The molecule has 0 atom stereocenters. The summed E-state index contributed by atoms with van der Waals surface area (Å²) in [6, 6.07) is 11.1. The number of benzene rings is 1. The number of aromatic nitrogens is 3. The summed E-state index contributed by atoms with van der Waals surface area (Å²) in [5.74, 6) is 0.203. The van der Waals surface area contributed by atoms with Gasteiger partial charge in [-0.3, -0.25) is 4.90 Å². The normalized spacial score (nSPS) is 22.9. The van der Waals surface area contributed by atoms with E-state index in [4.69, 9.17) is 4.74 Å². The van der Waals surface area contributed by atoms with Gasteiger partial charge in [-0.15, -0.1) is 0 Å². The van der Waals surface area contributed by atoms with Gasteiger partial charge in [0.15, 0.2) is 0 Å². The molecular weight excluding hydrogens is 416 g/mol. The van der Waals surface area contributed by atoms with E-state index in [1.54, 1.807) is 30.5 Å². The van der Waals surface area contributed by atoms with Gasteiger partial charge < -0.3 is 10.1 Å². The number of carbonyl (C=O) groups excluding carboxylic acids is 1. The Kier molecular flexibility index (Phi) is 5.24. The van der Waals surface area contributed by atoms with E-state index in [1.165, 1.54) is 27.9 Å². The SMILES string of the molecule is O=C1OC2(CCC(CNc3ccn(-c4ccccc4F)n3)CC2)CN1c1ccc(F)nc1. The molecule has 7 nitrogen and oxygen atoms in total. The van der Waals surface area contributed by atoms with Crippen molar-refractivity contribution < 1.29 is 18.3 Å². The maximum atomic E-state index is 13.9. The minimum atomic E-state index is -0.581. The van der Waals surface area contributed by atoms with Crippen molar-refractivity contribution in [1.29, 1.82) is 0 Å². The fourth-order valence-electron chi connectivity index (χ4n) is 4.46. The monoisotopic (exact) mass is 439 g/mol. The van der Waals surface area contributed by atoms with Gasteiger partial charge in [0, 0.05) is 18.8 Å². The molecule has 1 saturated heterocycles. The standard InChI is InChI=1S/C23H23F2N5O2/c24-18-3-1-2-4-19(18)30-12-9-21(28-30)27-13-16-7-10-23(11-8-16)15-29(22(31)32-23)17-5-6-20(25)26-14-17/h1-6,9,12,14,16H,7-8,10-11,13,15H2,(H,27,28). The average Bonchev–Trinajstić information content (AvgIpc) is 3.39. The summed E-state index contributed by atoms with van der Waals surface area (Å²) in [4.78, 5) is 17.6. The summed E-state index contributed by atoms with van der Waals surface area (Å²) >= 11 is 0. The molecule has 3 aromatic rings. The molecule has 2 fully saturated rings. The lowest BCUT2D eigenvalue weighted by atomic mass is 9.78. The van der Waals surface area contributed by atoms with Crippen LogP contribution in [0.5, 0.6) is 0 Å². The molecule has 166 valence electrons. The third-order valence-corrected chi connectivity index (χ3v) is 6.27. The van der Waals surface area contributed by atoms with E-state index in [-0.39, 0.29) is 5.82 Å². The second kappa shape index (κ2) is 8.22. The highest BCUT2D eigenvalue weighted by atomic mass is 19.1. The van der Waals surface area contributed by atoms with Crippen LogP contribution in [0.3, 0.4) is 0 Å². The number of carbonyl (C=O) groups is 1. The van der Waals surface area contributed by atoms with E-state index in [1.807, 2.05) is 6.07 Å². The highest BCUT2D eigenvalue weighted by Crippen LogP contribution is 2.40. The molecule has 5 rings (SSSR count). The maximum Gasteiger partial charge on any atom is 0.415 e. The van der Waals surface area contributed by atoms with Gasteiger partial charge in [-0.25, -0.2) is 18.9 Å². The highest BCUT2D eigenvalue weighted by molar-refractivity contribution is 5.90. The van der Waals surface area contributed by atoms with Crippen LogP contribution in [-0.2, 0) is 4.74 Å². The Morgan fingerprint density at radius 3 is 2.69 bits per heavy atom. The molecule has 1 N–H and O–H groups in total. The van der Waals surface area contributed by atoms with Gasteiger partial charge in [-0.2, -0.15) is 9.49 Å². The zero-order valence-electron chi connectivity index (χ0n) is 17.4. The topological polar surface area (TPSA) is 72.3 Å². The zero-order chi connectivity index (χ0) is 22.1. The van der Waals surface area contributed by atoms with Gasteiger partial charge in [0.25, 0.3) is 0 Å². The Morgan fingerprint density at radius 2 is 1.94 bits per heavy atom. The lowest BCUT2D eigenvalue weighted by molar-refractivity contribution is 0.0148. The third kappa shape index (κ3) is 4.02. The van der Waals surface area contributed by atoms with Crippen molar-refractivity contribution in [2.24, 2.45) is 5.92 Å². The van der Waals surface area contributed by atoms with E-state index in [2.05, 4.69) is 15.4 Å². The largest absolute Gasteiger partial charge is 0.441 e. The lowest BCUT2D eigenvalue weighted by Gasteiger charge is -2.35. The van der Waals surface area contributed by atoms with Gasteiger partial charge in [0.2, 0.25) is 5.95 Å². The number of hydrogen-bond acceptors (Lipinski definition) is 5. The minimum Gasteiger partial charge on any atom is -0.441 e. The third-order valence-electron chi connectivity index (χ3n) is 6.27. The van der Waals surface area contributed by atoms with E-state index in [9.17, 15) is 13.6 Å². The van der Waals surface area contributed by atoms with Crippen molar-refractivity contribution >= 4 is 17.6 Å². The maximum absolute atomic E-state index is 13.9. The van der Waals surface area contributed by atoms with Crippen LogP contribution in [-0.4, -0.2) is 39.5 Å². The zero-order valence-corrected chi connectivity index (χ0v) is 17.4. The summed E-state index contributed by atoms with van der Waals surface area (Å²) < 4.78 is 34.3. The molecule has 1 aliphatic heterocycles. The molecule has 32 heavy (non-hydrogen) atoms. The van der Waals surface area contributed by atoms with E-state index in [0.29, 0.717) is 29.7 Å². The van der Waals surface area contributed by atoms with Crippen LogP contribution in [0.15, 0.2) is 54.9 Å².